The van der Waals surface area contributed by atoms with Crippen molar-refractivity contribution in [3.8, 4) is 0 Å². The third-order valence-electron chi connectivity index (χ3n) is 2.50. The van der Waals surface area contributed by atoms with Gasteiger partial charge in [0.2, 0.25) is 0 Å². The summed E-state index contributed by atoms with van der Waals surface area (Å²) in [6.45, 7) is 5.70. The molecule has 0 N–H and O–H groups in total. The third kappa shape index (κ3) is 7.93. The minimum atomic E-state index is -1.53. The van der Waals surface area contributed by atoms with E-state index in [0.717, 1.165) is 27.7 Å². The Morgan fingerprint density at radius 3 is 1.43 bits per heavy atom. The molecule has 4 atom stereocenters. The van der Waals surface area contributed by atoms with E-state index in [2.05, 4.69) is 0 Å². The lowest BCUT2D eigenvalue weighted by Crippen LogP contribution is -2.51. The van der Waals surface area contributed by atoms with Gasteiger partial charge in [-0.25, -0.2) is 0 Å². The Morgan fingerprint density at radius 2 is 1.09 bits per heavy atom. The molecule has 0 radical (unpaired) electrons. The van der Waals surface area contributed by atoms with E-state index in [1.165, 1.54) is 6.92 Å². The van der Waals surface area contributed by atoms with Crippen LogP contribution in [0.1, 0.15) is 34.6 Å². The summed E-state index contributed by atoms with van der Waals surface area (Å²) in [4.78, 5) is 55.9. The summed E-state index contributed by atoms with van der Waals surface area (Å²) in [5.41, 5.74) is 0. The molecular weight excluding hydrogens is 312 g/mol. The monoisotopic (exact) mass is 332 g/mol. The zero-order valence-electron chi connectivity index (χ0n) is 13.6. The molecule has 0 spiro atoms. The zero-order chi connectivity index (χ0) is 18.2. The van der Waals surface area contributed by atoms with Gasteiger partial charge in [-0.1, -0.05) is 0 Å². The van der Waals surface area contributed by atoms with E-state index in [4.69, 9.17) is 18.9 Å². The fraction of sp³-hybridized carbons (Fsp3) is 0.643. The highest BCUT2D eigenvalue weighted by Gasteiger charge is 2.41. The summed E-state index contributed by atoms with van der Waals surface area (Å²) >= 11 is 0. The average Bonchev–Trinajstić information content (AvgIpc) is 2.38. The molecule has 0 aromatic carbocycles. The van der Waals surface area contributed by atoms with Crippen molar-refractivity contribution in [3.05, 3.63) is 0 Å². The molecule has 0 aromatic rings. The summed E-state index contributed by atoms with van der Waals surface area (Å²) < 4.78 is 19.6. The Labute approximate surface area is 133 Å². The van der Waals surface area contributed by atoms with Crippen molar-refractivity contribution in [3.63, 3.8) is 0 Å². The first-order valence-electron chi connectivity index (χ1n) is 6.72. The summed E-state index contributed by atoms with van der Waals surface area (Å²) in [5, 5.41) is 0. The maximum Gasteiger partial charge on any atom is 0.303 e. The molecular formula is C14H20O9. The maximum atomic E-state index is 11.3. The van der Waals surface area contributed by atoms with Gasteiger partial charge in [0.25, 0.3) is 0 Å². The van der Waals surface area contributed by atoms with Crippen LogP contribution in [0.4, 0.5) is 0 Å². The van der Waals surface area contributed by atoms with E-state index in [-0.39, 0.29) is 6.29 Å². The smallest absolute Gasteiger partial charge is 0.303 e. The van der Waals surface area contributed by atoms with E-state index in [0.29, 0.717) is 0 Å². The molecule has 0 aliphatic heterocycles. The molecule has 130 valence electrons. The number of hydrogen-bond donors (Lipinski definition) is 0. The summed E-state index contributed by atoms with van der Waals surface area (Å²) in [5.74, 6) is -3.05. The van der Waals surface area contributed by atoms with Crippen molar-refractivity contribution in [2.45, 2.75) is 59.0 Å². The number of rotatable bonds is 8. The van der Waals surface area contributed by atoms with Crippen molar-refractivity contribution in [2.75, 3.05) is 0 Å². The molecule has 0 aliphatic rings. The summed E-state index contributed by atoms with van der Waals surface area (Å²) in [6, 6.07) is 0. The minimum absolute atomic E-state index is 0.228. The van der Waals surface area contributed by atoms with Crippen LogP contribution in [0.5, 0.6) is 0 Å². The van der Waals surface area contributed by atoms with Gasteiger partial charge in [-0.3, -0.25) is 24.0 Å². The van der Waals surface area contributed by atoms with Crippen LogP contribution < -0.4 is 0 Å². The number of esters is 4. The summed E-state index contributed by atoms with van der Waals surface area (Å²) in [6.07, 6.45) is -5.16. The molecule has 23 heavy (non-hydrogen) atoms. The number of ether oxygens (including phenoxy) is 4. The number of carbonyl (C=O) groups is 5. The van der Waals surface area contributed by atoms with Crippen LogP contribution in [-0.4, -0.2) is 54.6 Å². The SMILES string of the molecule is CC(=O)OC(C)C(OC(C)=O)C(OC(C)=O)C(C=O)OC(C)=O. The van der Waals surface area contributed by atoms with Gasteiger partial charge in [0.1, 0.15) is 6.10 Å². The lowest BCUT2D eigenvalue weighted by molar-refractivity contribution is -0.195. The van der Waals surface area contributed by atoms with Gasteiger partial charge < -0.3 is 18.9 Å². The van der Waals surface area contributed by atoms with Gasteiger partial charge in [-0.05, 0) is 6.92 Å². The molecule has 4 unspecified atom stereocenters. The normalized spacial score (nSPS) is 15.3. The van der Waals surface area contributed by atoms with Crippen molar-refractivity contribution >= 4 is 30.2 Å². The second-order valence-electron chi connectivity index (χ2n) is 4.67. The van der Waals surface area contributed by atoms with Gasteiger partial charge in [-0.15, -0.1) is 0 Å². The van der Waals surface area contributed by atoms with Crippen molar-refractivity contribution in [1.82, 2.24) is 0 Å². The fourth-order valence-corrected chi connectivity index (χ4v) is 1.83. The molecule has 0 bridgehead atoms. The topological polar surface area (TPSA) is 122 Å². The molecule has 0 aliphatic carbocycles. The molecule has 0 saturated heterocycles. The van der Waals surface area contributed by atoms with Crippen LogP contribution in [-0.2, 0) is 42.9 Å². The first-order chi connectivity index (χ1) is 10.6. The fourth-order valence-electron chi connectivity index (χ4n) is 1.83. The largest absolute Gasteiger partial charge is 0.459 e. The maximum absolute atomic E-state index is 11.3. The lowest BCUT2D eigenvalue weighted by Gasteiger charge is -2.32. The molecule has 0 saturated carbocycles. The van der Waals surface area contributed by atoms with Gasteiger partial charge in [0, 0.05) is 27.7 Å². The molecule has 0 fully saturated rings. The van der Waals surface area contributed by atoms with E-state index in [1.807, 2.05) is 0 Å². The Kier molecular flexibility index (Phi) is 8.53. The van der Waals surface area contributed by atoms with Crippen molar-refractivity contribution in [1.29, 1.82) is 0 Å². The molecule has 0 amide bonds. The van der Waals surface area contributed by atoms with Crippen LogP contribution in [0.3, 0.4) is 0 Å². The Hall–Kier alpha value is -2.45. The predicted molar refractivity (Wildman–Crippen MR) is 74.0 cm³/mol. The highest BCUT2D eigenvalue weighted by molar-refractivity contribution is 5.72. The van der Waals surface area contributed by atoms with Crippen LogP contribution in [0.2, 0.25) is 0 Å². The van der Waals surface area contributed by atoms with Gasteiger partial charge in [0.05, 0.1) is 0 Å². The van der Waals surface area contributed by atoms with Gasteiger partial charge >= 0.3 is 23.9 Å². The van der Waals surface area contributed by atoms with Gasteiger partial charge in [-0.2, -0.15) is 0 Å². The highest BCUT2D eigenvalue weighted by atomic mass is 16.6. The lowest BCUT2D eigenvalue weighted by atomic mass is 10.0. The van der Waals surface area contributed by atoms with Crippen molar-refractivity contribution < 1.29 is 42.9 Å². The highest BCUT2D eigenvalue weighted by Crippen LogP contribution is 2.18. The van der Waals surface area contributed by atoms with E-state index in [1.54, 1.807) is 0 Å². The van der Waals surface area contributed by atoms with Gasteiger partial charge in [0.15, 0.2) is 24.6 Å². The second-order valence-corrected chi connectivity index (χ2v) is 4.67. The Balaban J connectivity index is 5.62. The molecule has 0 aromatic heterocycles. The standard InChI is InChI=1S/C14H20O9/c1-7(20-8(2)16)13(22-10(4)18)14(23-11(5)19)12(6-15)21-9(3)17/h6-7,12-14H,1-5H3. The first kappa shape index (κ1) is 20.6. The first-order valence-corrected chi connectivity index (χ1v) is 6.72. The summed E-state index contributed by atoms with van der Waals surface area (Å²) in [7, 11) is 0. The molecule has 9 nitrogen and oxygen atoms in total. The van der Waals surface area contributed by atoms with Crippen LogP contribution in [0.25, 0.3) is 0 Å². The average molecular weight is 332 g/mol. The van der Waals surface area contributed by atoms with Crippen LogP contribution in [0.15, 0.2) is 0 Å². The predicted octanol–water partition coefficient (Wildman–Crippen LogP) is -0.0680. The van der Waals surface area contributed by atoms with Crippen molar-refractivity contribution in [2.24, 2.45) is 0 Å². The number of carbonyl (C=O) groups excluding carboxylic acids is 5. The minimum Gasteiger partial charge on any atom is -0.459 e. The van der Waals surface area contributed by atoms with E-state index < -0.39 is 48.3 Å². The third-order valence-corrected chi connectivity index (χ3v) is 2.50. The second kappa shape index (κ2) is 9.54. The van der Waals surface area contributed by atoms with Crippen LogP contribution in [0, 0.1) is 0 Å². The Morgan fingerprint density at radius 1 is 0.696 bits per heavy atom. The molecule has 9 heteroatoms. The Bertz CT molecular complexity index is 471. The molecule has 0 rings (SSSR count). The number of aldehydes is 1. The zero-order valence-corrected chi connectivity index (χ0v) is 13.6. The quantitative estimate of drug-likeness (QED) is 0.341. The van der Waals surface area contributed by atoms with E-state index in [9.17, 15) is 24.0 Å². The van der Waals surface area contributed by atoms with E-state index >= 15 is 0 Å². The van der Waals surface area contributed by atoms with Crippen LogP contribution >= 0.6 is 0 Å². The molecule has 0 heterocycles. The number of hydrogen-bond acceptors (Lipinski definition) is 9.